The number of hydrogen-bond acceptors (Lipinski definition) is 6. The van der Waals surface area contributed by atoms with Crippen molar-refractivity contribution in [1.82, 2.24) is 10.3 Å². The quantitative estimate of drug-likeness (QED) is 0.183. The molecule has 1 aliphatic heterocycles. The number of ether oxygens (including phenoxy) is 1. The third-order valence-corrected chi connectivity index (χ3v) is 6.89. The summed E-state index contributed by atoms with van der Waals surface area (Å²) in [6.45, 7) is 4.89. The highest BCUT2D eigenvalue weighted by molar-refractivity contribution is 6.16. The number of carbonyl (C=O) groups is 1. The molecule has 2 aromatic heterocycles. The second kappa shape index (κ2) is 9.25. The van der Waals surface area contributed by atoms with Gasteiger partial charge in [-0.25, -0.2) is 0 Å². The molecular formula is C25H28ClN3O6. The molecule has 10 heteroatoms. The van der Waals surface area contributed by atoms with Gasteiger partial charge in [0, 0.05) is 34.7 Å². The van der Waals surface area contributed by atoms with Crippen molar-refractivity contribution in [1.29, 1.82) is 0 Å². The number of fused-ring (bicyclic) bond motifs is 4. The first-order chi connectivity index (χ1) is 16.2. The number of aromatic hydroxyl groups is 1. The van der Waals surface area contributed by atoms with Crippen molar-refractivity contribution in [3.05, 3.63) is 47.8 Å². The number of hydrogen-bond donors (Lipinski definition) is 6. The van der Waals surface area contributed by atoms with Crippen molar-refractivity contribution >= 4 is 38.5 Å². The number of nitrogens with zero attached hydrogens (tertiary/aromatic N) is 1. The summed E-state index contributed by atoms with van der Waals surface area (Å²) in [5, 5.41) is 47.3. The lowest BCUT2D eigenvalue weighted by Gasteiger charge is -2.39. The van der Waals surface area contributed by atoms with E-state index in [1.165, 1.54) is 6.92 Å². The van der Waals surface area contributed by atoms with Crippen LogP contribution in [-0.4, -0.2) is 62.3 Å². The molecule has 186 valence electrons. The summed E-state index contributed by atoms with van der Waals surface area (Å²) >= 11 is 0. The smallest absolute Gasteiger partial charge is 0.286 e. The number of rotatable bonds is 3. The van der Waals surface area contributed by atoms with E-state index in [1.54, 1.807) is 22.9 Å². The summed E-state index contributed by atoms with van der Waals surface area (Å²) in [5.41, 5.74) is 3.96. The first-order valence-corrected chi connectivity index (χ1v) is 11.2. The predicted molar refractivity (Wildman–Crippen MR) is 125 cm³/mol. The van der Waals surface area contributed by atoms with Gasteiger partial charge < -0.3 is 47.9 Å². The molecule has 5 rings (SSSR count). The zero-order valence-electron chi connectivity index (χ0n) is 19.5. The van der Waals surface area contributed by atoms with E-state index in [0.29, 0.717) is 0 Å². The zero-order valence-corrected chi connectivity index (χ0v) is 20.2. The van der Waals surface area contributed by atoms with Crippen LogP contribution >= 0.6 is 0 Å². The molecular weight excluding hydrogens is 474 g/mol. The Kier molecular flexibility index (Phi) is 6.65. The summed E-state index contributed by atoms with van der Waals surface area (Å²) in [5.74, 6) is -0.189. The highest BCUT2D eigenvalue weighted by Crippen LogP contribution is 2.37. The van der Waals surface area contributed by atoms with E-state index in [4.69, 9.17) is 4.74 Å². The number of aromatic amines is 1. The number of phenols is 1. The van der Waals surface area contributed by atoms with Crippen molar-refractivity contribution in [2.24, 2.45) is 0 Å². The van der Waals surface area contributed by atoms with E-state index in [9.17, 15) is 25.2 Å². The lowest BCUT2D eigenvalue weighted by molar-refractivity contribution is -0.771. The maximum atomic E-state index is 11.8. The molecule has 35 heavy (non-hydrogen) atoms. The molecule has 1 aliphatic rings. The molecule has 1 fully saturated rings. The van der Waals surface area contributed by atoms with Crippen molar-refractivity contribution in [2.75, 3.05) is 6.61 Å². The van der Waals surface area contributed by atoms with E-state index in [1.807, 2.05) is 32.2 Å². The Morgan fingerprint density at radius 3 is 2.54 bits per heavy atom. The van der Waals surface area contributed by atoms with Crippen molar-refractivity contribution < 1.29 is 46.9 Å². The Hall–Kier alpha value is -2.95. The van der Waals surface area contributed by atoms with Crippen molar-refractivity contribution in [2.45, 2.75) is 51.4 Å². The Balaban J connectivity index is 0.00000289. The third-order valence-electron chi connectivity index (χ3n) is 6.89. The SMILES string of the molecule is CC(=O)NC1C(O)C(O)C(CO)OC1[n+]1ccc2c(C)c3[nH]c4ccc(O)cc4c3c(C)c2c1.[Cl-]. The molecule has 0 aliphatic carbocycles. The fourth-order valence-corrected chi connectivity index (χ4v) is 5.16. The Labute approximate surface area is 207 Å². The van der Waals surface area contributed by atoms with Gasteiger partial charge in [0.25, 0.3) is 6.23 Å². The summed E-state index contributed by atoms with van der Waals surface area (Å²) in [6, 6.07) is 6.26. The van der Waals surface area contributed by atoms with Gasteiger partial charge in [-0.3, -0.25) is 4.79 Å². The number of H-pyrrole nitrogens is 1. The molecule has 0 spiro atoms. The van der Waals surface area contributed by atoms with Crippen LogP contribution in [0.3, 0.4) is 0 Å². The van der Waals surface area contributed by atoms with Crippen molar-refractivity contribution in [3.8, 4) is 5.75 Å². The number of benzene rings is 2. The topological polar surface area (TPSA) is 139 Å². The number of aliphatic hydroxyl groups excluding tert-OH is 3. The van der Waals surface area contributed by atoms with Crippen LogP contribution in [0.25, 0.3) is 32.6 Å². The lowest BCUT2D eigenvalue weighted by Crippen LogP contribution is -3.00. The van der Waals surface area contributed by atoms with Crippen LogP contribution in [0, 0.1) is 13.8 Å². The molecule has 4 aromatic rings. The monoisotopic (exact) mass is 501 g/mol. The number of pyridine rings is 1. The molecule has 0 bridgehead atoms. The van der Waals surface area contributed by atoms with Crippen LogP contribution in [0.15, 0.2) is 36.7 Å². The third kappa shape index (κ3) is 3.99. The summed E-state index contributed by atoms with van der Waals surface area (Å²) in [7, 11) is 0. The molecule has 3 heterocycles. The Bertz CT molecular complexity index is 1440. The molecule has 0 saturated carbocycles. The first kappa shape index (κ1) is 25.2. The van der Waals surface area contributed by atoms with Gasteiger partial charge in [0.2, 0.25) is 5.91 Å². The van der Waals surface area contributed by atoms with Crippen LogP contribution in [0.2, 0.25) is 0 Å². The minimum absolute atomic E-state index is 0. The molecule has 9 nitrogen and oxygen atoms in total. The minimum atomic E-state index is -1.35. The first-order valence-electron chi connectivity index (χ1n) is 11.2. The van der Waals surface area contributed by atoms with Crippen LogP contribution < -0.4 is 22.3 Å². The van der Waals surface area contributed by atoms with Gasteiger partial charge in [0.05, 0.1) is 12.1 Å². The van der Waals surface area contributed by atoms with Crippen LogP contribution in [0.4, 0.5) is 0 Å². The maximum Gasteiger partial charge on any atom is 0.286 e. The van der Waals surface area contributed by atoms with Gasteiger partial charge in [0.1, 0.15) is 30.1 Å². The number of halogens is 1. The van der Waals surface area contributed by atoms with Gasteiger partial charge in [0.15, 0.2) is 12.4 Å². The lowest BCUT2D eigenvalue weighted by atomic mass is 9.94. The summed E-state index contributed by atoms with van der Waals surface area (Å²) in [4.78, 5) is 15.3. The van der Waals surface area contributed by atoms with E-state index < -0.39 is 37.2 Å². The number of nitrogens with one attached hydrogen (secondary N) is 2. The van der Waals surface area contributed by atoms with Crippen LogP contribution in [0.1, 0.15) is 24.3 Å². The minimum Gasteiger partial charge on any atom is -1.00 e. The van der Waals surface area contributed by atoms with Crippen molar-refractivity contribution in [3.63, 3.8) is 0 Å². The van der Waals surface area contributed by atoms with E-state index >= 15 is 0 Å². The largest absolute Gasteiger partial charge is 1.00 e. The van der Waals surface area contributed by atoms with Gasteiger partial charge in [-0.1, -0.05) is 0 Å². The average Bonchev–Trinajstić information content (AvgIpc) is 3.19. The van der Waals surface area contributed by atoms with Crippen LogP contribution in [0.5, 0.6) is 5.75 Å². The number of phenolic OH excluding ortho intramolecular Hbond substituents is 1. The molecule has 1 saturated heterocycles. The average molecular weight is 502 g/mol. The van der Waals surface area contributed by atoms with E-state index in [-0.39, 0.29) is 24.1 Å². The number of aromatic nitrogens is 2. The fraction of sp³-hybridized carbons (Fsp3) is 0.360. The van der Waals surface area contributed by atoms with Gasteiger partial charge >= 0.3 is 0 Å². The van der Waals surface area contributed by atoms with Gasteiger partial charge in [-0.05, 0) is 48.6 Å². The van der Waals surface area contributed by atoms with E-state index in [0.717, 1.165) is 43.7 Å². The summed E-state index contributed by atoms with van der Waals surface area (Å²) < 4.78 is 7.69. The van der Waals surface area contributed by atoms with E-state index in [2.05, 4.69) is 10.3 Å². The van der Waals surface area contributed by atoms with Crippen LogP contribution in [-0.2, 0) is 9.53 Å². The standard InChI is InChI=1S/C25H27N3O6.ClH/c1-11-17-9-28(25-22(26-13(3)30)24(33)23(32)19(10-29)34-25)7-6-15(17)12(2)21-20(11)16-8-14(31)4-5-18(16)27-21;/h4-9,19,22-25,29,32-33H,10H2,1-3H3,(H2,26,30,31);1H. The Morgan fingerprint density at radius 2 is 1.86 bits per heavy atom. The molecule has 0 radical (unpaired) electrons. The Morgan fingerprint density at radius 1 is 1.11 bits per heavy atom. The summed E-state index contributed by atoms with van der Waals surface area (Å²) in [6.07, 6.45) is -0.849. The van der Waals surface area contributed by atoms with Gasteiger partial charge in [-0.2, -0.15) is 4.57 Å². The second-order valence-corrected chi connectivity index (χ2v) is 9.03. The molecule has 1 amide bonds. The number of aryl methyl sites for hydroxylation is 2. The second-order valence-electron chi connectivity index (χ2n) is 9.03. The zero-order chi connectivity index (χ0) is 24.3. The normalized spacial score (nSPS) is 24.6. The number of carbonyl (C=O) groups excluding carboxylic acids is 1. The maximum absolute atomic E-state index is 11.8. The molecule has 2 aromatic carbocycles. The predicted octanol–water partition coefficient (Wildman–Crippen LogP) is -1.80. The van der Waals surface area contributed by atoms with Gasteiger partial charge in [-0.15, -0.1) is 0 Å². The highest BCUT2D eigenvalue weighted by Gasteiger charge is 2.49. The molecule has 5 atom stereocenters. The highest BCUT2D eigenvalue weighted by atomic mass is 35.5. The molecule has 6 N–H and O–H groups in total. The molecule has 5 unspecified atom stereocenters. The fourth-order valence-electron chi connectivity index (χ4n) is 5.16. The number of amides is 1. The number of aliphatic hydroxyl groups is 3.